The van der Waals surface area contributed by atoms with Crippen molar-refractivity contribution in [2.24, 2.45) is 5.92 Å². The molecule has 3 heterocycles. The normalized spacial score (nSPS) is 21.0. The van der Waals surface area contributed by atoms with E-state index >= 15 is 0 Å². The lowest BCUT2D eigenvalue weighted by Crippen LogP contribution is -2.34. The predicted molar refractivity (Wildman–Crippen MR) is 84.5 cm³/mol. The molecule has 1 aliphatic heterocycles. The van der Waals surface area contributed by atoms with Gasteiger partial charge in [-0.1, -0.05) is 0 Å². The number of nitrogens with one attached hydrogen (secondary N) is 1. The van der Waals surface area contributed by atoms with Crippen LogP contribution in [0.3, 0.4) is 0 Å². The van der Waals surface area contributed by atoms with Gasteiger partial charge >= 0.3 is 0 Å². The molecule has 0 unspecified atom stereocenters. The van der Waals surface area contributed by atoms with Crippen molar-refractivity contribution >= 4 is 5.91 Å². The van der Waals surface area contributed by atoms with Crippen LogP contribution in [-0.2, 0) is 16.1 Å². The molecule has 1 fully saturated rings. The third-order valence-corrected chi connectivity index (χ3v) is 4.23. The molecule has 0 saturated carbocycles. The quantitative estimate of drug-likeness (QED) is 0.914. The molecule has 1 saturated heterocycles. The number of rotatable bonds is 5. The summed E-state index contributed by atoms with van der Waals surface area (Å²) in [5.41, 5.74) is 1.90. The zero-order chi connectivity index (χ0) is 16.4. The Morgan fingerprint density at radius 2 is 2.39 bits per heavy atom. The maximum Gasteiger partial charge on any atom is 0.228 e. The molecule has 0 spiro atoms. The van der Waals surface area contributed by atoms with Crippen molar-refractivity contribution in [3.63, 3.8) is 0 Å². The smallest absolute Gasteiger partial charge is 0.228 e. The second kappa shape index (κ2) is 6.54. The molecule has 0 aliphatic carbocycles. The van der Waals surface area contributed by atoms with E-state index in [1.807, 2.05) is 17.8 Å². The van der Waals surface area contributed by atoms with Crippen LogP contribution in [0.2, 0.25) is 0 Å². The maximum absolute atomic E-state index is 12.8. The summed E-state index contributed by atoms with van der Waals surface area (Å²) in [6, 6.07) is 2.19. The molecule has 7 nitrogen and oxygen atoms in total. The standard InChI is InChI=1S/C16H23N5O2/c1-11(2)21-14(4-6-19-21)15-13(5-7-23-15)16(22)20(3)9-12-8-17-10-18-12/h4,6,8,10-11,13,15H,5,7,9H2,1-3H3,(H,17,18)/t13-,15-/m1/s1. The topological polar surface area (TPSA) is 76.0 Å². The van der Waals surface area contributed by atoms with E-state index in [9.17, 15) is 4.79 Å². The van der Waals surface area contributed by atoms with E-state index in [0.29, 0.717) is 13.2 Å². The van der Waals surface area contributed by atoms with Gasteiger partial charge in [0.2, 0.25) is 5.91 Å². The highest BCUT2D eigenvalue weighted by molar-refractivity contribution is 5.79. The Bertz CT molecular complexity index is 649. The van der Waals surface area contributed by atoms with Gasteiger partial charge in [0.1, 0.15) is 6.10 Å². The number of carbonyl (C=O) groups is 1. The van der Waals surface area contributed by atoms with Crippen LogP contribution in [0.5, 0.6) is 0 Å². The monoisotopic (exact) mass is 317 g/mol. The van der Waals surface area contributed by atoms with Crippen molar-refractivity contribution in [2.45, 2.75) is 39.0 Å². The summed E-state index contributed by atoms with van der Waals surface area (Å²) in [6.07, 6.45) is 5.64. The van der Waals surface area contributed by atoms with Crippen molar-refractivity contribution in [1.29, 1.82) is 0 Å². The van der Waals surface area contributed by atoms with E-state index in [2.05, 4.69) is 28.9 Å². The lowest BCUT2D eigenvalue weighted by molar-refractivity contribution is -0.136. The molecule has 1 N–H and O–H groups in total. The number of carbonyl (C=O) groups excluding carboxylic acids is 1. The number of ether oxygens (including phenoxy) is 1. The fourth-order valence-electron chi connectivity index (χ4n) is 3.10. The second-order valence-corrected chi connectivity index (χ2v) is 6.25. The van der Waals surface area contributed by atoms with Gasteiger partial charge in [-0.05, 0) is 26.3 Å². The number of nitrogens with zero attached hydrogens (tertiary/aromatic N) is 4. The van der Waals surface area contributed by atoms with E-state index in [0.717, 1.165) is 17.8 Å². The minimum absolute atomic E-state index is 0.0959. The molecule has 0 radical (unpaired) electrons. The molecule has 3 rings (SSSR count). The Labute approximate surface area is 135 Å². The zero-order valence-corrected chi connectivity index (χ0v) is 13.8. The summed E-state index contributed by atoms with van der Waals surface area (Å²) in [5, 5.41) is 4.36. The van der Waals surface area contributed by atoms with Crippen molar-refractivity contribution in [2.75, 3.05) is 13.7 Å². The molecular formula is C16H23N5O2. The van der Waals surface area contributed by atoms with Crippen molar-refractivity contribution < 1.29 is 9.53 Å². The van der Waals surface area contributed by atoms with Gasteiger partial charge in [-0.3, -0.25) is 9.48 Å². The number of hydrogen-bond acceptors (Lipinski definition) is 4. The van der Waals surface area contributed by atoms with Gasteiger partial charge in [-0.15, -0.1) is 0 Å². The number of H-pyrrole nitrogens is 1. The van der Waals surface area contributed by atoms with Crippen LogP contribution in [-0.4, -0.2) is 44.2 Å². The maximum atomic E-state index is 12.8. The molecule has 2 aromatic heterocycles. The highest BCUT2D eigenvalue weighted by Crippen LogP contribution is 2.36. The molecule has 1 amide bonds. The Hall–Kier alpha value is -2.15. The van der Waals surface area contributed by atoms with Gasteiger partial charge in [0.05, 0.1) is 30.2 Å². The first-order valence-corrected chi connectivity index (χ1v) is 7.95. The summed E-state index contributed by atoms with van der Waals surface area (Å²) in [5.74, 6) is -0.0734. The average molecular weight is 317 g/mol. The minimum atomic E-state index is -0.225. The number of hydrogen-bond donors (Lipinski definition) is 1. The highest BCUT2D eigenvalue weighted by atomic mass is 16.5. The predicted octanol–water partition coefficient (Wildman–Crippen LogP) is 1.92. The Morgan fingerprint density at radius 3 is 3.09 bits per heavy atom. The van der Waals surface area contributed by atoms with Gasteiger partial charge in [0, 0.05) is 32.1 Å². The largest absolute Gasteiger partial charge is 0.371 e. The highest BCUT2D eigenvalue weighted by Gasteiger charge is 2.38. The number of amides is 1. The third kappa shape index (κ3) is 3.14. The Balaban J connectivity index is 1.75. The molecule has 0 bridgehead atoms. The Morgan fingerprint density at radius 1 is 1.57 bits per heavy atom. The molecular weight excluding hydrogens is 294 g/mol. The minimum Gasteiger partial charge on any atom is -0.371 e. The number of imidazole rings is 1. The van der Waals surface area contributed by atoms with Gasteiger partial charge < -0.3 is 14.6 Å². The lowest BCUT2D eigenvalue weighted by atomic mass is 9.97. The van der Waals surface area contributed by atoms with Crippen LogP contribution in [0.1, 0.15) is 43.8 Å². The Kier molecular flexibility index (Phi) is 4.47. The summed E-state index contributed by atoms with van der Waals surface area (Å²) in [4.78, 5) is 21.6. The van der Waals surface area contributed by atoms with Crippen molar-refractivity contribution in [3.8, 4) is 0 Å². The molecule has 0 aromatic carbocycles. The third-order valence-electron chi connectivity index (χ3n) is 4.23. The first-order valence-electron chi connectivity index (χ1n) is 7.95. The first-order chi connectivity index (χ1) is 11.1. The summed E-state index contributed by atoms with van der Waals surface area (Å²) >= 11 is 0. The number of aromatic nitrogens is 4. The van der Waals surface area contributed by atoms with Crippen LogP contribution >= 0.6 is 0 Å². The van der Waals surface area contributed by atoms with Crippen LogP contribution in [0.25, 0.3) is 0 Å². The molecule has 23 heavy (non-hydrogen) atoms. The zero-order valence-electron chi connectivity index (χ0n) is 13.8. The molecule has 1 aliphatic rings. The molecule has 124 valence electrons. The summed E-state index contributed by atoms with van der Waals surface area (Å²) in [6.45, 7) is 5.27. The SMILES string of the molecule is CC(C)n1nccc1[C@@H]1OCC[C@H]1C(=O)N(C)Cc1cnc[nH]1. The molecule has 7 heteroatoms. The average Bonchev–Trinajstić information content (AvgIpc) is 3.26. The van der Waals surface area contributed by atoms with E-state index in [-0.39, 0.29) is 24.0 Å². The van der Waals surface area contributed by atoms with E-state index in [1.54, 1.807) is 23.6 Å². The van der Waals surface area contributed by atoms with Gasteiger partial charge in [0.15, 0.2) is 0 Å². The summed E-state index contributed by atoms with van der Waals surface area (Å²) < 4.78 is 7.81. The van der Waals surface area contributed by atoms with Crippen LogP contribution in [0.15, 0.2) is 24.8 Å². The van der Waals surface area contributed by atoms with Crippen molar-refractivity contribution in [1.82, 2.24) is 24.6 Å². The first kappa shape index (κ1) is 15.7. The van der Waals surface area contributed by atoms with Crippen molar-refractivity contribution in [3.05, 3.63) is 36.2 Å². The van der Waals surface area contributed by atoms with Crippen LogP contribution < -0.4 is 0 Å². The van der Waals surface area contributed by atoms with Gasteiger partial charge in [0.25, 0.3) is 0 Å². The van der Waals surface area contributed by atoms with E-state index in [4.69, 9.17) is 4.74 Å². The number of aromatic amines is 1. The fourth-order valence-corrected chi connectivity index (χ4v) is 3.10. The van der Waals surface area contributed by atoms with Gasteiger partial charge in [-0.25, -0.2) is 4.98 Å². The lowest BCUT2D eigenvalue weighted by Gasteiger charge is -2.25. The van der Waals surface area contributed by atoms with E-state index in [1.165, 1.54) is 0 Å². The van der Waals surface area contributed by atoms with Crippen LogP contribution in [0, 0.1) is 5.92 Å². The molecule has 2 atom stereocenters. The van der Waals surface area contributed by atoms with Crippen LogP contribution in [0.4, 0.5) is 0 Å². The summed E-state index contributed by atoms with van der Waals surface area (Å²) in [7, 11) is 1.82. The second-order valence-electron chi connectivity index (χ2n) is 6.25. The fraction of sp³-hybridized carbons (Fsp3) is 0.562. The van der Waals surface area contributed by atoms with E-state index < -0.39 is 0 Å². The molecule has 2 aromatic rings. The van der Waals surface area contributed by atoms with Gasteiger partial charge in [-0.2, -0.15) is 5.10 Å².